The third-order valence-corrected chi connectivity index (χ3v) is 5.65. The fourth-order valence-electron chi connectivity index (χ4n) is 3.37. The zero-order valence-corrected chi connectivity index (χ0v) is 20.7. The van der Waals surface area contributed by atoms with E-state index in [1.807, 2.05) is 12.1 Å². The Bertz CT molecular complexity index is 964. The van der Waals surface area contributed by atoms with E-state index in [1.165, 1.54) is 0 Å². The second kappa shape index (κ2) is 12.4. The Hall–Kier alpha value is -3.11. The minimum absolute atomic E-state index is 0.301. The van der Waals surface area contributed by atoms with Crippen LogP contribution in [0.4, 0.5) is 11.8 Å². The summed E-state index contributed by atoms with van der Waals surface area (Å²) in [4.78, 5) is 11.4. The summed E-state index contributed by atoms with van der Waals surface area (Å²) in [7, 11) is 0. The van der Waals surface area contributed by atoms with Gasteiger partial charge in [-0.1, -0.05) is 39.4 Å². The summed E-state index contributed by atoms with van der Waals surface area (Å²) >= 11 is 0. The van der Waals surface area contributed by atoms with Crippen molar-refractivity contribution in [1.82, 2.24) is 25.5 Å². The van der Waals surface area contributed by atoms with Crippen LogP contribution in [0.3, 0.4) is 0 Å². The summed E-state index contributed by atoms with van der Waals surface area (Å²) in [5.74, 6) is 8.62. The van der Waals surface area contributed by atoms with Gasteiger partial charge in [-0.15, -0.1) is 0 Å². The number of nitrogens with zero attached hydrogens (tertiary/aromatic N) is 4. The van der Waals surface area contributed by atoms with Crippen molar-refractivity contribution in [2.75, 3.05) is 36.9 Å². The first-order valence-electron chi connectivity index (χ1n) is 12.0. The van der Waals surface area contributed by atoms with Crippen LogP contribution in [0.1, 0.15) is 57.9 Å². The second-order valence-corrected chi connectivity index (χ2v) is 8.69. The molecule has 0 amide bonds. The van der Waals surface area contributed by atoms with Crippen molar-refractivity contribution in [2.24, 2.45) is 11.8 Å². The van der Waals surface area contributed by atoms with Gasteiger partial charge in [-0.2, -0.15) is 9.97 Å². The van der Waals surface area contributed by atoms with E-state index in [9.17, 15) is 0 Å². The third-order valence-electron chi connectivity index (χ3n) is 5.65. The van der Waals surface area contributed by atoms with Crippen molar-refractivity contribution in [3.63, 3.8) is 0 Å². The van der Waals surface area contributed by atoms with Gasteiger partial charge in [0, 0.05) is 36.0 Å². The molecule has 0 saturated heterocycles. The molecule has 2 heterocycles. The Labute approximate surface area is 202 Å². The molecule has 10 heteroatoms. The molecule has 2 aromatic heterocycles. The van der Waals surface area contributed by atoms with E-state index >= 15 is 0 Å². The normalized spacial score (nSPS) is 13.9. The monoisotopic (exact) mass is 470 g/mol. The fraction of sp³-hybridized carbons (Fsp3) is 0.542. The lowest BCUT2D eigenvalue weighted by atomic mass is 10.1. The number of ether oxygens (including phenoxy) is 1. The first kappa shape index (κ1) is 25.5. The molecule has 10 nitrogen and oxygen atoms in total. The molecule has 1 aliphatic carbocycles. The average molecular weight is 471 g/mol. The van der Waals surface area contributed by atoms with Crippen LogP contribution in [-0.2, 0) is 6.54 Å². The molecular weight excluding hydrogens is 432 g/mol. The Balaban J connectivity index is 1.71. The lowest BCUT2D eigenvalue weighted by Gasteiger charge is -2.18. The average Bonchev–Trinajstić information content (AvgIpc) is 3.55. The maximum atomic E-state index is 5.96. The van der Waals surface area contributed by atoms with E-state index in [2.05, 4.69) is 70.4 Å². The predicted octanol–water partition coefficient (Wildman–Crippen LogP) is 3.60. The lowest BCUT2D eigenvalue weighted by Crippen LogP contribution is -2.28. The van der Waals surface area contributed by atoms with Crippen LogP contribution in [0.2, 0.25) is 0 Å². The molecule has 0 atom stereocenters. The first-order chi connectivity index (χ1) is 16.4. The summed E-state index contributed by atoms with van der Waals surface area (Å²) in [5.41, 5.74) is 5.33. The molecule has 3 rings (SSSR count). The maximum absolute atomic E-state index is 5.96. The molecule has 0 spiro atoms. The SMILES string of the molecule is C=C(/C=C(\NN)C1CC1)Nc1cc(OCCN(CC)CC)nc(NCc2cc(C(C)C)no2)n1. The van der Waals surface area contributed by atoms with Gasteiger partial charge < -0.3 is 30.2 Å². The van der Waals surface area contributed by atoms with Gasteiger partial charge in [0.1, 0.15) is 12.4 Å². The highest BCUT2D eigenvalue weighted by molar-refractivity contribution is 5.50. The van der Waals surface area contributed by atoms with Crippen LogP contribution in [0.25, 0.3) is 0 Å². The van der Waals surface area contributed by atoms with Crippen LogP contribution < -0.4 is 26.6 Å². The van der Waals surface area contributed by atoms with Gasteiger partial charge in [-0.25, -0.2) is 0 Å². The van der Waals surface area contributed by atoms with E-state index in [0.717, 1.165) is 43.9 Å². The van der Waals surface area contributed by atoms with Gasteiger partial charge in [0.15, 0.2) is 5.76 Å². The molecule has 1 saturated carbocycles. The number of nitrogens with two attached hydrogens (primary N) is 1. The van der Waals surface area contributed by atoms with Crippen molar-refractivity contribution in [3.8, 4) is 5.88 Å². The maximum Gasteiger partial charge on any atom is 0.228 e. The number of rotatable bonds is 15. The molecule has 0 radical (unpaired) electrons. The topological polar surface area (TPSA) is 126 Å². The quantitative estimate of drug-likeness (QED) is 0.174. The predicted molar refractivity (Wildman–Crippen MR) is 134 cm³/mol. The molecular formula is C24H38N8O2. The van der Waals surface area contributed by atoms with Crippen molar-refractivity contribution in [3.05, 3.63) is 47.6 Å². The lowest BCUT2D eigenvalue weighted by molar-refractivity contribution is 0.218. The highest BCUT2D eigenvalue weighted by Crippen LogP contribution is 2.35. The number of likely N-dealkylation sites (N-methyl/N-ethyl adjacent to an activating group) is 1. The number of hydrazine groups is 1. The molecule has 0 bridgehead atoms. The molecule has 1 aliphatic rings. The number of aromatic nitrogens is 3. The standard InChI is InChI=1S/C24H38N8O2/c1-6-32(7-2)10-11-33-23-14-22(27-17(5)12-21(30-25)18-8-9-18)28-24(29-23)26-15-19-13-20(16(3)4)31-34-19/h12-14,16,18,30H,5-11,15,25H2,1-4H3,(H2,26,27,28,29)/b21-12-. The van der Waals surface area contributed by atoms with E-state index in [4.69, 9.17) is 15.1 Å². The fourth-order valence-corrected chi connectivity index (χ4v) is 3.37. The van der Waals surface area contributed by atoms with Crippen LogP contribution in [-0.4, -0.2) is 46.3 Å². The summed E-state index contributed by atoms with van der Waals surface area (Å²) in [6.07, 6.45) is 4.18. The number of anilines is 2. The van der Waals surface area contributed by atoms with Crippen molar-refractivity contribution < 1.29 is 9.26 Å². The van der Waals surface area contributed by atoms with Crippen LogP contribution in [0, 0.1) is 5.92 Å². The van der Waals surface area contributed by atoms with Gasteiger partial charge in [0.25, 0.3) is 0 Å². The minimum Gasteiger partial charge on any atom is -0.476 e. The highest BCUT2D eigenvalue weighted by atomic mass is 16.5. The smallest absolute Gasteiger partial charge is 0.228 e. The van der Waals surface area contributed by atoms with E-state index in [-0.39, 0.29) is 0 Å². The Kier molecular flexibility index (Phi) is 9.29. The molecule has 5 N–H and O–H groups in total. The Morgan fingerprint density at radius 2 is 2.06 bits per heavy atom. The third kappa shape index (κ3) is 7.74. The zero-order valence-electron chi connectivity index (χ0n) is 20.7. The van der Waals surface area contributed by atoms with Gasteiger partial charge in [0.2, 0.25) is 11.8 Å². The van der Waals surface area contributed by atoms with E-state index in [1.54, 1.807) is 6.07 Å². The molecule has 0 aliphatic heterocycles. The number of nitrogens with one attached hydrogen (secondary N) is 3. The summed E-state index contributed by atoms with van der Waals surface area (Å²) in [6, 6.07) is 3.71. The molecule has 0 unspecified atom stereocenters. The molecule has 2 aromatic rings. The number of hydrogen-bond donors (Lipinski definition) is 4. The van der Waals surface area contributed by atoms with Crippen LogP contribution in [0.5, 0.6) is 5.88 Å². The molecule has 0 aromatic carbocycles. The first-order valence-corrected chi connectivity index (χ1v) is 12.0. The van der Waals surface area contributed by atoms with Crippen LogP contribution >= 0.6 is 0 Å². The zero-order chi connectivity index (χ0) is 24.5. The number of hydrogen-bond acceptors (Lipinski definition) is 10. The second-order valence-electron chi connectivity index (χ2n) is 8.69. The van der Waals surface area contributed by atoms with Crippen molar-refractivity contribution in [2.45, 2.75) is 53.0 Å². The minimum atomic E-state index is 0.301. The van der Waals surface area contributed by atoms with Gasteiger partial charge >= 0.3 is 0 Å². The van der Waals surface area contributed by atoms with E-state index in [0.29, 0.717) is 54.1 Å². The summed E-state index contributed by atoms with van der Waals surface area (Å²) in [6.45, 7) is 16.2. The summed E-state index contributed by atoms with van der Waals surface area (Å²) in [5, 5.41) is 10.5. The van der Waals surface area contributed by atoms with Crippen molar-refractivity contribution in [1.29, 1.82) is 0 Å². The van der Waals surface area contributed by atoms with Gasteiger partial charge in [-0.05, 0) is 37.9 Å². The number of allylic oxidation sites excluding steroid dienone is 2. The van der Waals surface area contributed by atoms with E-state index < -0.39 is 0 Å². The van der Waals surface area contributed by atoms with Gasteiger partial charge in [-0.3, -0.25) is 5.84 Å². The highest BCUT2D eigenvalue weighted by Gasteiger charge is 2.25. The van der Waals surface area contributed by atoms with Crippen LogP contribution in [0.15, 0.2) is 40.7 Å². The van der Waals surface area contributed by atoms with Gasteiger partial charge in [0.05, 0.1) is 12.2 Å². The Morgan fingerprint density at radius 3 is 2.68 bits per heavy atom. The Morgan fingerprint density at radius 1 is 1.29 bits per heavy atom. The largest absolute Gasteiger partial charge is 0.476 e. The van der Waals surface area contributed by atoms with Crippen molar-refractivity contribution >= 4 is 11.8 Å². The molecule has 34 heavy (non-hydrogen) atoms. The molecule has 186 valence electrons. The summed E-state index contributed by atoms with van der Waals surface area (Å²) < 4.78 is 11.4. The molecule has 1 fully saturated rings.